The third kappa shape index (κ3) is 2.90. The van der Waals surface area contributed by atoms with Gasteiger partial charge in [0.25, 0.3) is 5.91 Å². The average Bonchev–Trinajstić information content (AvgIpc) is 2.66. The van der Waals surface area contributed by atoms with E-state index in [1.165, 1.54) is 0 Å². The average molecular weight is 311 g/mol. The van der Waals surface area contributed by atoms with Crippen molar-refractivity contribution in [1.82, 2.24) is 10.2 Å². The topological polar surface area (TPSA) is 78.5 Å². The van der Waals surface area contributed by atoms with E-state index in [0.717, 1.165) is 17.0 Å². The molecule has 2 rings (SSSR count). The molecule has 0 unspecified atom stereocenters. The largest absolute Gasteiger partial charge is 0.325 e. The van der Waals surface area contributed by atoms with Crippen molar-refractivity contribution in [2.75, 3.05) is 11.9 Å². The maximum Gasteiger partial charge on any atom is 0.325 e. The van der Waals surface area contributed by atoms with Gasteiger partial charge in [-0.15, -0.1) is 0 Å². The number of rotatable bonds is 4. The minimum Gasteiger partial charge on any atom is -0.323 e. The van der Waals surface area contributed by atoms with E-state index in [1.54, 1.807) is 13.8 Å². The van der Waals surface area contributed by atoms with Crippen molar-refractivity contribution < 1.29 is 23.2 Å². The first-order valence-corrected chi connectivity index (χ1v) is 6.66. The van der Waals surface area contributed by atoms with Crippen molar-refractivity contribution in [2.24, 2.45) is 0 Å². The molecule has 1 aliphatic rings. The highest BCUT2D eigenvalue weighted by atomic mass is 19.1. The minimum atomic E-state index is -1.04. The van der Waals surface area contributed by atoms with Gasteiger partial charge in [0.1, 0.15) is 23.7 Å². The molecule has 0 aromatic heterocycles. The Morgan fingerprint density at radius 1 is 1.36 bits per heavy atom. The maximum atomic E-state index is 13.4. The zero-order valence-corrected chi connectivity index (χ0v) is 12.1. The third-order valence-corrected chi connectivity index (χ3v) is 3.56. The molecule has 2 N–H and O–H groups in total. The number of benzene rings is 1. The van der Waals surface area contributed by atoms with Gasteiger partial charge in [0.2, 0.25) is 5.91 Å². The van der Waals surface area contributed by atoms with Crippen molar-refractivity contribution in [3.63, 3.8) is 0 Å². The summed E-state index contributed by atoms with van der Waals surface area (Å²) in [5.74, 6) is -2.99. The molecule has 0 saturated carbocycles. The maximum absolute atomic E-state index is 13.4. The summed E-state index contributed by atoms with van der Waals surface area (Å²) in [7, 11) is 0. The summed E-state index contributed by atoms with van der Waals surface area (Å²) in [6.07, 6.45) is 0.377. The molecule has 8 heteroatoms. The first-order valence-electron chi connectivity index (χ1n) is 6.66. The van der Waals surface area contributed by atoms with Crippen LogP contribution in [0.5, 0.6) is 0 Å². The highest BCUT2D eigenvalue weighted by Gasteiger charge is 2.46. The Labute approximate surface area is 125 Å². The number of hydrogen-bond acceptors (Lipinski definition) is 3. The number of urea groups is 1. The van der Waals surface area contributed by atoms with Crippen molar-refractivity contribution >= 4 is 23.5 Å². The van der Waals surface area contributed by atoms with Crippen LogP contribution in [0, 0.1) is 11.6 Å². The Kier molecular flexibility index (Phi) is 4.11. The first-order chi connectivity index (χ1) is 10.3. The summed E-state index contributed by atoms with van der Waals surface area (Å²) in [6.45, 7) is 2.75. The van der Waals surface area contributed by atoms with Crippen molar-refractivity contribution in [3.05, 3.63) is 29.8 Å². The monoisotopic (exact) mass is 311 g/mol. The summed E-state index contributed by atoms with van der Waals surface area (Å²) < 4.78 is 26.2. The second kappa shape index (κ2) is 5.70. The number of hydrogen-bond donors (Lipinski definition) is 2. The normalized spacial score (nSPS) is 21.0. The van der Waals surface area contributed by atoms with Crippen molar-refractivity contribution in [3.8, 4) is 0 Å². The van der Waals surface area contributed by atoms with Gasteiger partial charge in [0, 0.05) is 6.07 Å². The molecule has 0 bridgehead atoms. The quantitative estimate of drug-likeness (QED) is 0.830. The second-order valence-electron chi connectivity index (χ2n) is 5.18. The van der Waals surface area contributed by atoms with Gasteiger partial charge in [0.05, 0.1) is 5.69 Å². The summed E-state index contributed by atoms with van der Waals surface area (Å²) >= 11 is 0. The van der Waals surface area contributed by atoms with E-state index in [9.17, 15) is 23.2 Å². The van der Waals surface area contributed by atoms with E-state index >= 15 is 0 Å². The molecular formula is C14H15F2N3O3. The van der Waals surface area contributed by atoms with Crippen LogP contribution in [0.1, 0.15) is 20.3 Å². The smallest absolute Gasteiger partial charge is 0.323 e. The number of anilines is 1. The molecule has 0 radical (unpaired) electrons. The predicted octanol–water partition coefficient (Wildman–Crippen LogP) is 1.62. The highest BCUT2D eigenvalue weighted by molar-refractivity contribution is 6.09. The van der Waals surface area contributed by atoms with Gasteiger partial charge < -0.3 is 10.6 Å². The molecule has 1 aromatic rings. The molecule has 6 nitrogen and oxygen atoms in total. The van der Waals surface area contributed by atoms with Gasteiger partial charge in [0.15, 0.2) is 0 Å². The Morgan fingerprint density at radius 3 is 2.59 bits per heavy atom. The highest BCUT2D eigenvalue weighted by Crippen LogP contribution is 2.21. The fourth-order valence-corrected chi connectivity index (χ4v) is 2.05. The van der Waals surface area contributed by atoms with Crippen LogP contribution < -0.4 is 10.6 Å². The van der Waals surface area contributed by atoms with E-state index in [0.29, 0.717) is 12.5 Å². The molecule has 1 atom stereocenters. The van der Waals surface area contributed by atoms with Crippen molar-refractivity contribution in [2.45, 2.75) is 25.8 Å². The zero-order valence-electron chi connectivity index (χ0n) is 12.1. The lowest BCUT2D eigenvalue weighted by Gasteiger charge is -2.19. The Balaban J connectivity index is 2.06. The Hall–Kier alpha value is -2.51. The lowest BCUT2D eigenvalue weighted by molar-refractivity contribution is -0.133. The molecule has 4 amide bonds. The van der Waals surface area contributed by atoms with Crippen LogP contribution in [0.15, 0.2) is 18.2 Å². The van der Waals surface area contributed by atoms with Crippen LogP contribution in [0.3, 0.4) is 0 Å². The van der Waals surface area contributed by atoms with Gasteiger partial charge >= 0.3 is 6.03 Å². The summed E-state index contributed by atoms with van der Waals surface area (Å²) in [5, 5.41) is 4.70. The van der Waals surface area contributed by atoms with Crippen LogP contribution in [0.25, 0.3) is 0 Å². The molecule has 1 heterocycles. The lowest BCUT2D eigenvalue weighted by atomic mass is 9.99. The van der Waals surface area contributed by atoms with Crippen molar-refractivity contribution in [1.29, 1.82) is 0 Å². The molecule has 22 heavy (non-hydrogen) atoms. The van der Waals surface area contributed by atoms with Gasteiger partial charge in [-0.2, -0.15) is 0 Å². The number of carbonyl (C=O) groups excluding carboxylic acids is 3. The van der Waals surface area contributed by atoms with E-state index in [4.69, 9.17) is 0 Å². The zero-order chi connectivity index (χ0) is 16.5. The van der Waals surface area contributed by atoms with Gasteiger partial charge in [-0.3, -0.25) is 14.5 Å². The van der Waals surface area contributed by atoms with Crippen LogP contribution >= 0.6 is 0 Å². The molecule has 0 spiro atoms. The molecular weight excluding hydrogens is 296 g/mol. The SMILES string of the molecule is CC[C@]1(C)NC(=O)N(CC(=O)Nc2ccc(F)cc2F)C1=O. The number of amides is 4. The van der Waals surface area contributed by atoms with Gasteiger partial charge in [-0.1, -0.05) is 6.92 Å². The minimum absolute atomic E-state index is 0.225. The molecule has 1 fully saturated rings. The number of nitrogens with zero attached hydrogens (tertiary/aromatic N) is 1. The standard InChI is InChI=1S/C14H15F2N3O3/c1-3-14(2)12(21)19(13(22)18-14)7-11(20)17-10-5-4-8(15)6-9(10)16/h4-6H,3,7H2,1-2H3,(H,17,20)(H,18,22)/t14-/m0/s1. The summed E-state index contributed by atoms with van der Waals surface area (Å²) in [5.41, 5.74) is -1.27. The Morgan fingerprint density at radius 2 is 2.05 bits per heavy atom. The van der Waals surface area contributed by atoms with Gasteiger partial charge in [-0.05, 0) is 25.5 Å². The number of carbonyl (C=O) groups is 3. The number of nitrogens with one attached hydrogen (secondary N) is 2. The van der Waals surface area contributed by atoms with E-state index in [2.05, 4.69) is 10.6 Å². The molecule has 1 aromatic carbocycles. The van der Waals surface area contributed by atoms with Crippen LogP contribution in [0.2, 0.25) is 0 Å². The molecule has 1 aliphatic heterocycles. The lowest BCUT2D eigenvalue weighted by Crippen LogP contribution is -2.44. The van der Waals surface area contributed by atoms with E-state index in [1.807, 2.05) is 0 Å². The van der Waals surface area contributed by atoms with E-state index < -0.39 is 41.6 Å². The second-order valence-corrected chi connectivity index (χ2v) is 5.18. The molecule has 1 saturated heterocycles. The van der Waals surface area contributed by atoms with Gasteiger partial charge in [-0.25, -0.2) is 13.6 Å². The van der Waals surface area contributed by atoms with E-state index in [-0.39, 0.29) is 5.69 Å². The fourth-order valence-electron chi connectivity index (χ4n) is 2.05. The number of halogens is 2. The van der Waals surface area contributed by atoms with Crippen LogP contribution in [0.4, 0.5) is 19.3 Å². The third-order valence-electron chi connectivity index (χ3n) is 3.56. The Bertz CT molecular complexity index is 650. The fraction of sp³-hybridized carbons (Fsp3) is 0.357. The summed E-state index contributed by atoms with van der Waals surface area (Å²) in [6, 6.07) is 1.99. The van der Waals surface area contributed by atoms with Crippen LogP contribution in [-0.4, -0.2) is 34.8 Å². The molecule has 118 valence electrons. The van der Waals surface area contributed by atoms with Crippen LogP contribution in [-0.2, 0) is 9.59 Å². The first kappa shape index (κ1) is 15.9. The number of imide groups is 1. The summed E-state index contributed by atoms with van der Waals surface area (Å²) in [4.78, 5) is 36.5. The predicted molar refractivity (Wildman–Crippen MR) is 73.9 cm³/mol. The molecule has 0 aliphatic carbocycles.